The van der Waals surface area contributed by atoms with Crippen molar-refractivity contribution in [3.8, 4) is 0 Å². The summed E-state index contributed by atoms with van der Waals surface area (Å²) in [6.07, 6.45) is 6.66. The first-order chi connectivity index (χ1) is 8.63. The van der Waals surface area contributed by atoms with Crippen LogP contribution in [0.4, 0.5) is 0 Å². The van der Waals surface area contributed by atoms with Crippen LogP contribution >= 0.6 is 15.9 Å². The van der Waals surface area contributed by atoms with E-state index in [1.54, 1.807) is 6.92 Å². The van der Waals surface area contributed by atoms with Gasteiger partial charge < -0.3 is 10.2 Å². The van der Waals surface area contributed by atoms with Gasteiger partial charge in [-0.15, -0.1) is 0 Å². The Balaban J connectivity index is 1.68. The number of hydrogen-bond donors (Lipinski definition) is 1. The van der Waals surface area contributed by atoms with E-state index in [2.05, 4.69) is 26.1 Å². The Morgan fingerprint density at radius 2 is 2.06 bits per heavy atom. The van der Waals surface area contributed by atoms with Gasteiger partial charge in [0.1, 0.15) is 0 Å². The van der Waals surface area contributed by atoms with E-state index in [1.165, 1.54) is 51.7 Å². The van der Waals surface area contributed by atoms with Gasteiger partial charge >= 0.3 is 0 Å². The van der Waals surface area contributed by atoms with Gasteiger partial charge in [-0.05, 0) is 50.1 Å². The molecule has 1 N–H and O–H groups in total. The van der Waals surface area contributed by atoms with Crippen LogP contribution in [0.3, 0.4) is 0 Å². The van der Waals surface area contributed by atoms with Crippen LogP contribution in [-0.2, 0) is 4.79 Å². The molecule has 0 spiro atoms. The highest BCUT2D eigenvalue weighted by Gasteiger charge is 2.37. The van der Waals surface area contributed by atoms with Crippen LogP contribution in [0.2, 0.25) is 0 Å². The number of carbonyl (C=O) groups excluding carboxylic acids is 1. The Morgan fingerprint density at radius 1 is 1.39 bits per heavy atom. The molecule has 104 valence electrons. The zero-order valence-corrected chi connectivity index (χ0v) is 13.0. The molecule has 0 radical (unpaired) electrons. The van der Waals surface area contributed by atoms with Crippen molar-refractivity contribution in [3.63, 3.8) is 0 Å². The second-order valence-corrected chi connectivity index (χ2v) is 6.70. The molecule has 1 saturated heterocycles. The molecule has 3 nitrogen and oxygen atoms in total. The second-order valence-electron chi connectivity index (χ2n) is 6.14. The maximum absolute atomic E-state index is 10.9. The Hall–Kier alpha value is -0.0900. The number of nitrogens with one attached hydrogen (secondary N) is 1. The first kappa shape index (κ1) is 14.3. The average Bonchev–Trinajstić information content (AvgIpc) is 2.33. The van der Waals surface area contributed by atoms with Crippen molar-refractivity contribution in [1.29, 1.82) is 0 Å². The molecular weight excluding hydrogens is 292 g/mol. The molecule has 1 aliphatic carbocycles. The van der Waals surface area contributed by atoms with E-state index in [1.807, 2.05) is 0 Å². The van der Waals surface area contributed by atoms with Crippen LogP contribution in [0.1, 0.15) is 39.0 Å². The van der Waals surface area contributed by atoms with E-state index in [0.29, 0.717) is 11.3 Å². The molecule has 1 aliphatic heterocycles. The normalized spacial score (nSPS) is 24.6. The molecule has 18 heavy (non-hydrogen) atoms. The Labute approximate surface area is 119 Å². The quantitative estimate of drug-likeness (QED) is 0.790. The lowest BCUT2D eigenvalue weighted by Gasteiger charge is -2.45. The number of amides is 1. The molecule has 2 aliphatic rings. The Kier molecular flexibility index (Phi) is 5.07. The summed E-state index contributed by atoms with van der Waals surface area (Å²) < 4.78 is 0. The van der Waals surface area contributed by atoms with Gasteiger partial charge in [0.25, 0.3) is 0 Å². The van der Waals surface area contributed by atoms with E-state index in [-0.39, 0.29) is 5.91 Å². The third-order valence-electron chi connectivity index (χ3n) is 4.60. The highest BCUT2D eigenvalue weighted by molar-refractivity contribution is 9.09. The van der Waals surface area contributed by atoms with Crippen LogP contribution in [0.25, 0.3) is 0 Å². The molecule has 4 heteroatoms. The van der Waals surface area contributed by atoms with Gasteiger partial charge in [0.05, 0.1) is 0 Å². The highest BCUT2D eigenvalue weighted by Crippen LogP contribution is 2.43. The SMILES string of the molecule is CC(=O)NCC1CCN(CC2(CBr)CCC2)CC1. The summed E-state index contributed by atoms with van der Waals surface area (Å²) in [6.45, 7) is 6.15. The van der Waals surface area contributed by atoms with Gasteiger partial charge in [0.2, 0.25) is 5.91 Å². The van der Waals surface area contributed by atoms with Gasteiger partial charge in [-0.2, -0.15) is 0 Å². The molecule has 1 amide bonds. The second kappa shape index (κ2) is 6.38. The molecular formula is C14H25BrN2O. The topological polar surface area (TPSA) is 32.3 Å². The van der Waals surface area contributed by atoms with Crippen LogP contribution in [-0.4, -0.2) is 42.3 Å². The van der Waals surface area contributed by atoms with Gasteiger partial charge in [-0.1, -0.05) is 22.4 Å². The van der Waals surface area contributed by atoms with Gasteiger partial charge in [-0.25, -0.2) is 0 Å². The van der Waals surface area contributed by atoms with E-state index < -0.39 is 0 Å². The van der Waals surface area contributed by atoms with Crippen LogP contribution in [0.15, 0.2) is 0 Å². The van der Waals surface area contributed by atoms with Crippen molar-refractivity contribution in [3.05, 3.63) is 0 Å². The lowest BCUT2D eigenvalue weighted by Crippen LogP contribution is -2.47. The molecule has 0 aromatic carbocycles. The standard InChI is InChI=1S/C14H25BrN2O/c1-12(18)16-9-13-3-7-17(8-4-13)11-14(10-15)5-2-6-14/h13H,2-11H2,1H3,(H,16,18). The summed E-state index contributed by atoms with van der Waals surface area (Å²) in [5.74, 6) is 0.789. The fourth-order valence-electron chi connectivity index (χ4n) is 3.12. The maximum Gasteiger partial charge on any atom is 0.216 e. The molecule has 0 aromatic heterocycles. The monoisotopic (exact) mass is 316 g/mol. The number of carbonyl (C=O) groups is 1. The summed E-state index contributed by atoms with van der Waals surface area (Å²) in [7, 11) is 0. The molecule has 0 bridgehead atoms. The smallest absolute Gasteiger partial charge is 0.216 e. The number of piperidine rings is 1. The van der Waals surface area contributed by atoms with Gasteiger partial charge in [0, 0.05) is 25.3 Å². The Morgan fingerprint density at radius 3 is 2.50 bits per heavy atom. The first-order valence-corrected chi connectivity index (χ1v) is 8.28. The van der Waals surface area contributed by atoms with E-state index in [4.69, 9.17) is 0 Å². The molecule has 2 fully saturated rings. The molecule has 0 aromatic rings. The largest absolute Gasteiger partial charge is 0.356 e. The zero-order chi connectivity index (χ0) is 13.0. The van der Waals surface area contributed by atoms with E-state index in [9.17, 15) is 4.79 Å². The van der Waals surface area contributed by atoms with Crippen molar-refractivity contribution >= 4 is 21.8 Å². The van der Waals surface area contributed by atoms with Gasteiger partial charge in [0.15, 0.2) is 0 Å². The minimum absolute atomic E-state index is 0.102. The molecule has 2 rings (SSSR count). The predicted octanol–water partition coefficient (Wildman–Crippen LogP) is 2.40. The van der Waals surface area contributed by atoms with E-state index >= 15 is 0 Å². The minimum atomic E-state index is 0.102. The number of rotatable bonds is 5. The Bertz CT molecular complexity index is 278. The van der Waals surface area contributed by atoms with E-state index in [0.717, 1.165) is 11.9 Å². The lowest BCUT2D eigenvalue weighted by atomic mass is 9.70. The number of hydrogen-bond acceptors (Lipinski definition) is 2. The first-order valence-electron chi connectivity index (χ1n) is 7.16. The lowest BCUT2D eigenvalue weighted by molar-refractivity contribution is -0.119. The molecule has 1 heterocycles. The average molecular weight is 317 g/mol. The summed E-state index contributed by atoms with van der Waals surface area (Å²) in [6, 6.07) is 0. The van der Waals surface area contributed by atoms with Crippen molar-refractivity contribution in [2.24, 2.45) is 11.3 Å². The summed E-state index contributed by atoms with van der Waals surface area (Å²) in [5, 5.41) is 4.11. The predicted molar refractivity (Wildman–Crippen MR) is 77.9 cm³/mol. The maximum atomic E-state index is 10.9. The molecule has 0 unspecified atom stereocenters. The minimum Gasteiger partial charge on any atom is -0.356 e. The third kappa shape index (κ3) is 3.70. The number of halogens is 1. The van der Waals surface area contributed by atoms with Crippen LogP contribution < -0.4 is 5.32 Å². The zero-order valence-electron chi connectivity index (χ0n) is 11.4. The summed E-state index contributed by atoms with van der Waals surface area (Å²) in [4.78, 5) is 13.5. The summed E-state index contributed by atoms with van der Waals surface area (Å²) >= 11 is 3.69. The number of likely N-dealkylation sites (tertiary alicyclic amines) is 1. The molecule has 0 atom stereocenters. The van der Waals surface area contributed by atoms with Crippen molar-refractivity contribution in [2.45, 2.75) is 39.0 Å². The van der Waals surface area contributed by atoms with Crippen LogP contribution in [0, 0.1) is 11.3 Å². The number of nitrogens with zero attached hydrogens (tertiary/aromatic N) is 1. The van der Waals surface area contributed by atoms with Crippen molar-refractivity contribution in [1.82, 2.24) is 10.2 Å². The van der Waals surface area contributed by atoms with Gasteiger partial charge in [-0.3, -0.25) is 4.79 Å². The van der Waals surface area contributed by atoms with Crippen molar-refractivity contribution < 1.29 is 4.79 Å². The van der Waals surface area contributed by atoms with Crippen molar-refractivity contribution in [2.75, 3.05) is 31.5 Å². The fourth-order valence-corrected chi connectivity index (χ4v) is 3.86. The third-order valence-corrected chi connectivity index (χ3v) is 5.79. The highest BCUT2D eigenvalue weighted by atomic mass is 79.9. The van der Waals surface area contributed by atoms with Crippen LogP contribution in [0.5, 0.6) is 0 Å². The number of alkyl halides is 1. The summed E-state index contributed by atoms with van der Waals surface area (Å²) in [5.41, 5.74) is 0.574. The fraction of sp³-hybridized carbons (Fsp3) is 0.929. The molecule has 1 saturated carbocycles.